The van der Waals surface area contributed by atoms with Gasteiger partial charge in [-0.25, -0.2) is 0 Å². The number of carbonyl (C=O) groups is 2. The van der Waals surface area contributed by atoms with Crippen molar-refractivity contribution in [3.63, 3.8) is 0 Å². The van der Waals surface area contributed by atoms with Crippen LogP contribution in [-0.2, 0) is 14.3 Å². The van der Waals surface area contributed by atoms with Gasteiger partial charge in [-0.1, -0.05) is 13.8 Å². The Labute approximate surface area is 96.0 Å². The largest absolute Gasteiger partial charge is 0.480 e. The van der Waals surface area contributed by atoms with Crippen LogP contribution < -0.4 is 0 Å². The summed E-state index contributed by atoms with van der Waals surface area (Å²) in [6.07, 6.45) is 2.38. The second-order valence-corrected chi connectivity index (χ2v) is 4.96. The van der Waals surface area contributed by atoms with E-state index in [4.69, 9.17) is 0 Å². The molecule has 1 fully saturated rings. The monoisotopic (exact) mass is 228 g/mol. The number of rotatable bonds is 3. The molecule has 0 aromatic rings. The molecular formula is C12H20O4. The first-order chi connectivity index (χ1) is 7.44. The van der Waals surface area contributed by atoms with Crippen molar-refractivity contribution >= 4 is 11.9 Å². The fourth-order valence-corrected chi connectivity index (χ4v) is 2.50. The lowest BCUT2D eigenvalue weighted by Gasteiger charge is -2.35. The van der Waals surface area contributed by atoms with Gasteiger partial charge in [0.25, 0.3) is 0 Å². The van der Waals surface area contributed by atoms with Gasteiger partial charge in [-0.3, -0.25) is 9.59 Å². The number of ether oxygens (including phenoxy) is 1. The number of carboxylic acid groups (broad SMARTS) is 1. The quantitative estimate of drug-likeness (QED) is 0.593. The van der Waals surface area contributed by atoms with Gasteiger partial charge >= 0.3 is 11.9 Å². The lowest BCUT2D eigenvalue weighted by Crippen LogP contribution is -2.43. The first kappa shape index (κ1) is 13.0. The van der Waals surface area contributed by atoms with Gasteiger partial charge in [-0.15, -0.1) is 0 Å². The molecule has 1 rings (SSSR count). The average molecular weight is 228 g/mol. The van der Waals surface area contributed by atoms with Crippen molar-refractivity contribution < 1.29 is 19.4 Å². The van der Waals surface area contributed by atoms with Crippen LogP contribution in [0.2, 0.25) is 0 Å². The van der Waals surface area contributed by atoms with Crippen LogP contribution in [0.15, 0.2) is 0 Å². The Morgan fingerprint density at radius 1 is 1.31 bits per heavy atom. The first-order valence-corrected chi connectivity index (χ1v) is 5.76. The zero-order chi connectivity index (χ0) is 12.3. The van der Waals surface area contributed by atoms with Crippen LogP contribution in [0.25, 0.3) is 0 Å². The minimum Gasteiger partial charge on any atom is -0.480 e. The number of esters is 1. The molecule has 0 aromatic heterocycles. The van der Waals surface area contributed by atoms with Crippen LogP contribution in [0.4, 0.5) is 0 Å². The van der Waals surface area contributed by atoms with Gasteiger partial charge in [0.05, 0.1) is 7.11 Å². The van der Waals surface area contributed by atoms with Crippen LogP contribution in [0.1, 0.15) is 39.5 Å². The van der Waals surface area contributed by atoms with Gasteiger partial charge in [0.15, 0.2) is 5.41 Å². The zero-order valence-electron chi connectivity index (χ0n) is 10.2. The molecule has 0 heterocycles. The molecule has 1 N–H and O–H groups in total. The van der Waals surface area contributed by atoms with Gasteiger partial charge in [-0.2, -0.15) is 0 Å². The fraction of sp³-hybridized carbons (Fsp3) is 0.833. The van der Waals surface area contributed by atoms with Crippen LogP contribution >= 0.6 is 0 Å². The SMILES string of the molecule is COC(=O)C1(C(=O)O)CCC(C(C)C)CC1. The van der Waals surface area contributed by atoms with Gasteiger partial charge in [0, 0.05) is 0 Å². The molecule has 4 nitrogen and oxygen atoms in total. The normalized spacial score (nSPS) is 30.1. The second-order valence-electron chi connectivity index (χ2n) is 4.96. The third kappa shape index (κ3) is 2.20. The van der Waals surface area contributed by atoms with Crippen LogP contribution in [-0.4, -0.2) is 24.2 Å². The van der Waals surface area contributed by atoms with Crippen LogP contribution in [0.3, 0.4) is 0 Å². The molecule has 0 amide bonds. The zero-order valence-corrected chi connectivity index (χ0v) is 10.2. The molecule has 1 aliphatic rings. The molecule has 16 heavy (non-hydrogen) atoms. The van der Waals surface area contributed by atoms with Crippen molar-refractivity contribution in [2.45, 2.75) is 39.5 Å². The van der Waals surface area contributed by atoms with Crippen LogP contribution in [0.5, 0.6) is 0 Å². The standard InChI is InChI=1S/C12H20O4/c1-8(2)9-4-6-12(7-5-9,10(13)14)11(15)16-3/h8-9H,4-7H2,1-3H3,(H,13,14). The Bertz CT molecular complexity index is 275. The molecule has 92 valence electrons. The number of carbonyl (C=O) groups excluding carboxylic acids is 1. The Morgan fingerprint density at radius 2 is 1.81 bits per heavy atom. The summed E-state index contributed by atoms with van der Waals surface area (Å²) in [4.78, 5) is 22.9. The summed E-state index contributed by atoms with van der Waals surface area (Å²) < 4.78 is 4.63. The van der Waals surface area contributed by atoms with Gasteiger partial charge in [-0.05, 0) is 37.5 Å². The molecule has 0 unspecified atom stereocenters. The predicted molar refractivity (Wildman–Crippen MR) is 58.9 cm³/mol. The van der Waals surface area contributed by atoms with E-state index in [1.165, 1.54) is 7.11 Å². The predicted octanol–water partition coefficient (Wildman–Crippen LogP) is 2.08. The van der Waals surface area contributed by atoms with E-state index in [0.717, 1.165) is 12.8 Å². The Hall–Kier alpha value is -1.06. The van der Waals surface area contributed by atoms with E-state index in [1.54, 1.807) is 0 Å². The molecule has 0 spiro atoms. The highest BCUT2D eigenvalue weighted by atomic mass is 16.5. The minimum absolute atomic E-state index is 0.401. The Morgan fingerprint density at radius 3 is 2.12 bits per heavy atom. The smallest absolute Gasteiger partial charge is 0.323 e. The van der Waals surface area contributed by atoms with Crippen molar-refractivity contribution in [3.8, 4) is 0 Å². The number of carboxylic acids is 1. The average Bonchev–Trinajstić information content (AvgIpc) is 2.27. The first-order valence-electron chi connectivity index (χ1n) is 5.76. The molecule has 0 saturated heterocycles. The summed E-state index contributed by atoms with van der Waals surface area (Å²) in [6, 6.07) is 0. The van der Waals surface area contributed by atoms with Crippen molar-refractivity contribution in [2.75, 3.05) is 7.11 Å². The van der Waals surface area contributed by atoms with Crippen molar-refractivity contribution in [2.24, 2.45) is 17.3 Å². The van der Waals surface area contributed by atoms with E-state index < -0.39 is 17.4 Å². The van der Waals surface area contributed by atoms with Gasteiger partial charge < -0.3 is 9.84 Å². The highest BCUT2D eigenvalue weighted by molar-refractivity contribution is 5.99. The van der Waals surface area contributed by atoms with Crippen molar-refractivity contribution in [1.82, 2.24) is 0 Å². The van der Waals surface area contributed by atoms with E-state index in [-0.39, 0.29) is 0 Å². The Kier molecular flexibility index (Phi) is 3.94. The molecule has 1 aliphatic carbocycles. The highest BCUT2D eigenvalue weighted by Crippen LogP contribution is 2.42. The van der Waals surface area contributed by atoms with Crippen molar-refractivity contribution in [3.05, 3.63) is 0 Å². The molecule has 4 heteroatoms. The van der Waals surface area contributed by atoms with E-state index in [1.807, 2.05) is 0 Å². The summed E-state index contributed by atoms with van der Waals surface area (Å²) in [6.45, 7) is 4.27. The molecule has 0 radical (unpaired) electrons. The topological polar surface area (TPSA) is 63.6 Å². The van der Waals surface area contributed by atoms with Gasteiger partial charge in [0.1, 0.15) is 0 Å². The number of hydrogen-bond acceptors (Lipinski definition) is 3. The molecule has 0 atom stereocenters. The number of hydrogen-bond donors (Lipinski definition) is 1. The molecule has 0 bridgehead atoms. The third-order valence-electron chi connectivity index (χ3n) is 3.81. The number of aliphatic carboxylic acids is 1. The second kappa shape index (κ2) is 4.85. The molecule has 0 aromatic carbocycles. The summed E-state index contributed by atoms with van der Waals surface area (Å²) in [7, 11) is 1.25. The molecule has 0 aliphatic heterocycles. The summed E-state index contributed by atoms with van der Waals surface area (Å²) in [5.74, 6) is -0.565. The maximum Gasteiger partial charge on any atom is 0.323 e. The highest BCUT2D eigenvalue weighted by Gasteiger charge is 2.49. The summed E-state index contributed by atoms with van der Waals surface area (Å²) in [5, 5.41) is 9.21. The summed E-state index contributed by atoms with van der Waals surface area (Å²) in [5.41, 5.74) is -1.29. The minimum atomic E-state index is -1.29. The van der Waals surface area contributed by atoms with E-state index in [9.17, 15) is 14.7 Å². The van der Waals surface area contributed by atoms with E-state index in [0.29, 0.717) is 24.7 Å². The maximum atomic E-state index is 11.6. The fourth-order valence-electron chi connectivity index (χ4n) is 2.50. The lowest BCUT2D eigenvalue weighted by atomic mass is 9.68. The molecule has 1 saturated carbocycles. The van der Waals surface area contributed by atoms with Crippen LogP contribution in [0, 0.1) is 17.3 Å². The number of methoxy groups -OCH3 is 1. The third-order valence-corrected chi connectivity index (χ3v) is 3.81. The summed E-state index contributed by atoms with van der Waals surface area (Å²) >= 11 is 0. The lowest BCUT2D eigenvalue weighted by molar-refractivity contribution is -0.170. The van der Waals surface area contributed by atoms with Crippen molar-refractivity contribution in [1.29, 1.82) is 0 Å². The van der Waals surface area contributed by atoms with Gasteiger partial charge in [0.2, 0.25) is 0 Å². The Balaban J connectivity index is 2.78. The maximum absolute atomic E-state index is 11.6. The van der Waals surface area contributed by atoms with E-state index >= 15 is 0 Å². The van der Waals surface area contributed by atoms with E-state index in [2.05, 4.69) is 18.6 Å². The molecular weight excluding hydrogens is 208 g/mol.